The van der Waals surface area contributed by atoms with Gasteiger partial charge in [0.2, 0.25) is 16.0 Å². The first-order chi connectivity index (χ1) is 8.36. The monoisotopic (exact) mass is 272 g/mol. The SMILES string of the molecule is CNc1ncc(S(=O)(=O)NCC(C)C(C)C)cn1. The summed E-state index contributed by atoms with van der Waals surface area (Å²) in [4.78, 5) is 7.85. The maximum Gasteiger partial charge on any atom is 0.243 e. The summed E-state index contributed by atoms with van der Waals surface area (Å²) in [7, 11) is -1.84. The third-order valence-electron chi connectivity index (χ3n) is 2.90. The molecule has 0 aliphatic carbocycles. The molecule has 0 aliphatic heterocycles. The molecule has 0 aliphatic rings. The lowest BCUT2D eigenvalue weighted by Crippen LogP contribution is -2.30. The molecule has 1 rings (SSSR count). The third-order valence-corrected chi connectivity index (χ3v) is 4.27. The van der Waals surface area contributed by atoms with Gasteiger partial charge in [0.25, 0.3) is 0 Å². The Morgan fingerprint density at radius 3 is 2.22 bits per heavy atom. The normalized spacial score (nSPS) is 13.6. The van der Waals surface area contributed by atoms with Gasteiger partial charge >= 0.3 is 0 Å². The number of sulfonamides is 1. The van der Waals surface area contributed by atoms with E-state index >= 15 is 0 Å². The van der Waals surface area contributed by atoms with Gasteiger partial charge in [0.05, 0.1) is 12.4 Å². The van der Waals surface area contributed by atoms with E-state index in [4.69, 9.17) is 0 Å². The standard InChI is InChI=1S/C11H20N4O2S/c1-8(2)9(3)5-15-18(16,17)10-6-13-11(12-4)14-7-10/h6-9,15H,5H2,1-4H3,(H,12,13,14). The van der Waals surface area contributed by atoms with Gasteiger partial charge in [0.15, 0.2) is 0 Å². The van der Waals surface area contributed by atoms with Crippen molar-refractivity contribution >= 4 is 16.0 Å². The number of rotatable bonds is 6. The van der Waals surface area contributed by atoms with Crippen LogP contribution in [0.15, 0.2) is 17.3 Å². The average Bonchev–Trinajstić information content (AvgIpc) is 2.36. The molecular weight excluding hydrogens is 252 g/mol. The van der Waals surface area contributed by atoms with Crippen molar-refractivity contribution in [3.8, 4) is 0 Å². The van der Waals surface area contributed by atoms with Gasteiger partial charge in [0.1, 0.15) is 4.90 Å². The van der Waals surface area contributed by atoms with E-state index in [0.29, 0.717) is 18.4 Å². The fourth-order valence-electron chi connectivity index (χ4n) is 1.14. The maximum atomic E-state index is 11.9. The van der Waals surface area contributed by atoms with Gasteiger partial charge in [-0.2, -0.15) is 0 Å². The molecule has 0 aromatic carbocycles. The summed E-state index contributed by atoms with van der Waals surface area (Å²) >= 11 is 0. The van der Waals surface area contributed by atoms with E-state index in [0.717, 1.165) is 0 Å². The van der Waals surface area contributed by atoms with Crippen LogP contribution in [0.25, 0.3) is 0 Å². The first-order valence-corrected chi connectivity index (χ1v) is 7.34. The van der Waals surface area contributed by atoms with E-state index in [1.165, 1.54) is 12.4 Å². The lowest BCUT2D eigenvalue weighted by Gasteiger charge is -2.16. The number of anilines is 1. The number of hydrogen-bond acceptors (Lipinski definition) is 5. The zero-order valence-electron chi connectivity index (χ0n) is 11.1. The minimum absolute atomic E-state index is 0.0810. The molecule has 18 heavy (non-hydrogen) atoms. The van der Waals surface area contributed by atoms with E-state index < -0.39 is 10.0 Å². The highest BCUT2D eigenvalue weighted by Crippen LogP contribution is 2.11. The van der Waals surface area contributed by atoms with Crippen molar-refractivity contribution in [2.75, 3.05) is 18.9 Å². The van der Waals surface area contributed by atoms with E-state index in [2.05, 4.69) is 33.9 Å². The first-order valence-electron chi connectivity index (χ1n) is 5.86. The van der Waals surface area contributed by atoms with Crippen molar-refractivity contribution in [2.24, 2.45) is 11.8 Å². The number of aromatic nitrogens is 2. The molecule has 0 fully saturated rings. The van der Waals surface area contributed by atoms with Crippen LogP contribution in [0.2, 0.25) is 0 Å². The highest BCUT2D eigenvalue weighted by Gasteiger charge is 2.17. The molecule has 7 heteroatoms. The molecule has 0 amide bonds. The summed E-state index contributed by atoms with van der Waals surface area (Å²) in [5.41, 5.74) is 0. The lowest BCUT2D eigenvalue weighted by molar-refractivity contribution is 0.414. The summed E-state index contributed by atoms with van der Waals surface area (Å²) in [6.07, 6.45) is 2.59. The largest absolute Gasteiger partial charge is 0.357 e. The summed E-state index contributed by atoms with van der Waals surface area (Å²) in [5, 5.41) is 2.73. The van der Waals surface area contributed by atoms with Gasteiger partial charge in [0, 0.05) is 13.6 Å². The summed E-state index contributed by atoms with van der Waals surface area (Å²) < 4.78 is 26.5. The Labute approximate surface area is 108 Å². The van der Waals surface area contributed by atoms with Crippen LogP contribution >= 0.6 is 0 Å². The Morgan fingerprint density at radius 1 is 1.22 bits per heavy atom. The second kappa shape index (κ2) is 6.10. The van der Waals surface area contributed by atoms with Crippen LogP contribution in [0, 0.1) is 11.8 Å². The van der Waals surface area contributed by atoms with Crippen LogP contribution < -0.4 is 10.0 Å². The Kier molecular flexibility index (Phi) is 5.03. The molecule has 102 valence electrons. The summed E-state index contributed by atoms with van der Waals surface area (Å²) in [5.74, 6) is 1.09. The molecular formula is C11H20N4O2S. The van der Waals surface area contributed by atoms with Crippen molar-refractivity contribution < 1.29 is 8.42 Å². The molecule has 2 N–H and O–H groups in total. The van der Waals surface area contributed by atoms with Crippen LogP contribution in [0.3, 0.4) is 0 Å². The Hall–Kier alpha value is -1.21. The molecule has 0 spiro atoms. The van der Waals surface area contributed by atoms with Crippen molar-refractivity contribution in [3.05, 3.63) is 12.4 Å². The number of hydrogen-bond donors (Lipinski definition) is 2. The van der Waals surface area contributed by atoms with Crippen molar-refractivity contribution in [1.82, 2.24) is 14.7 Å². The molecule has 1 unspecified atom stereocenters. The predicted molar refractivity (Wildman–Crippen MR) is 70.8 cm³/mol. The van der Waals surface area contributed by atoms with E-state index in [9.17, 15) is 8.42 Å². The van der Waals surface area contributed by atoms with Gasteiger partial charge in [-0.05, 0) is 11.8 Å². The Bertz CT molecular complexity index is 470. The molecule has 6 nitrogen and oxygen atoms in total. The lowest BCUT2D eigenvalue weighted by atomic mass is 9.99. The topological polar surface area (TPSA) is 84.0 Å². The minimum atomic E-state index is -3.52. The number of nitrogens with zero attached hydrogens (tertiary/aromatic N) is 2. The summed E-state index contributed by atoms with van der Waals surface area (Å²) in [6, 6.07) is 0. The third kappa shape index (κ3) is 3.92. The number of nitrogens with one attached hydrogen (secondary N) is 2. The zero-order chi connectivity index (χ0) is 13.8. The minimum Gasteiger partial charge on any atom is -0.357 e. The second-order valence-electron chi connectivity index (χ2n) is 4.57. The molecule has 1 aromatic rings. The zero-order valence-corrected chi connectivity index (χ0v) is 12.0. The van der Waals surface area contributed by atoms with E-state index in [1.807, 2.05) is 6.92 Å². The first kappa shape index (κ1) is 14.8. The molecule has 0 radical (unpaired) electrons. The molecule has 1 aromatic heterocycles. The smallest absolute Gasteiger partial charge is 0.243 e. The maximum absolute atomic E-state index is 11.9. The second-order valence-corrected chi connectivity index (χ2v) is 6.33. The van der Waals surface area contributed by atoms with E-state index in [-0.39, 0.29) is 10.8 Å². The Morgan fingerprint density at radius 2 is 1.78 bits per heavy atom. The molecule has 0 bridgehead atoms. The van der Waals surface area contributed by atoms with Gasteiger partial charge < -0.3 is 5.32 Å². The van der Waals surface area contributed by atoms with Gasteiger partial charge in [-0.25, -0.2) is 23.1 Å². The predicted octanol–water partition coefficient (Wildman–Crippen LogP) is 1.09. The van der Waals surface area contributed by atoms with Crippen molar-refractivity contribution in [2.45, 2.75) is 25.7 Å². The van der Waals surface area contributed by atoms with Crippen LogP contribution in [0.1, 0.15) is 20.8 Å². The fraction of sp³-hybridized carbons (Fsp3) is 0.636. The van der Waals surface area contributed by atoms with Crippen LogP contribution in [0.4, 0.5) is 5.95 Å². The molecule has 1 atom stereocenters. The average molecular weight is 272 g/mol. The fourth-order valence-corrected chi connectivity index (χ4v) is 2.18. The molecule has 0 saturated carbocycles. The van der Waals surface area contributed by atoms with Gasteiger partial charge in [-0.15, -0.1) is 0 Å². The van der Waals surface area contributed by atoms with Gasteiger partial charge in [-0.3, -0.25) is 0 Å². The van der Waals surface area contributed by atoms with Crippen LogP contribution in [0.5, 0.6) is 0 Å². The summed E-state index contributed by atoms with van der Waals surface area (Å²) in [6.45, 7) is 6.54. The van der Waals surface area contributed by atoms with E-state index in [1.54, 1.807) is 7.05 Å². The van der Waals surface area contributed by atoms with Crippen molar-refractivity contribution in [1.29, 1.82) is 0 Å². The molecule has 1 heterocycles. The highest BCUT2D eigenvalue weighted by molar-refractivity contribution is 7.89. The highest BCUT2D eigenvalue weighted by atomic mass is 32.2. The molecule has 0 saturated heterocycles. The van der Waals surface area contributed by atoms with Crippen molar-refractivity contribution in [3.63, 3.8) is 0 Å². The van der Waals surface area contributed by atoms with Crippen LogP contribution in [-0.4, -0.2) is 32.0 Å². The van der Waals surface area contributed by atoms with Gasteiger partial charge in [-0.1, -0.05) is 20.8 Å². The Balaban J connectivity index is 2.73. The van der Waals surface area contributed by atoms with Crippen LogP contribution in [-0.2, 0) is 10.0 Å². The quantitative estimate of drug-likeness (QED) is 0.810.